The molecule has 5 atom stereocenters. The van der Waals surface area contributed by atoms with Crippen LogP contribution in [0.3, 0.4) is 0 Å². The molecular weight excluding hydrogens is 426 g/mol. The molecule has 1 saturated heterocycles. The van der Waals surface area contributed by atoms with Gasteiger partial charge in [-0.2, -0.15) is 0 Å². The number of carbonyl (C=O) groups is 2. The van der Waals surface area contributed by atoms with Crippen LogP contribution in [-0.4, -0.2) is 83.7 Å². The van der Waals surface area contributed by atoms with Crippen molar-refractivity contribution in [2.75, 3.05) is 27.8 Å². The Morgan fingerprint density at radius 3 is 2.79 bits per heavy atom. The van der Waals surface area contributed by atoms with Gasteiger partial charge in [-0.3, -0.25) is 14.5 Å². The van der Waals surface area contributed by atoms with Crippen LogP contribution < -0.4 is 4.74 Å². The van der Waals surface area contributed by atoms with Crippen LogP contribution in [0.2, 0.25) is 0 Å². The molecule has 1 aliphatic carbocycles. The normalized spacial score (nSPS) is 35.1. The fourth-order valence-electron chi connectivity index (χ4n) is 6.33. The lowest BCUT2D eigenvalue weighted by atomic mass is 9.68. The minimum atomic E-state index is -1.65. The molecule has 33 heavy (non-hydrogen) atoms. The van der Waals surface area contributed by atoms with Gasteiger partial charge in [0.2, 0.25) is 5.72 Å². The number of nitrogens with zero attached hydrogens (tertiary/aromatic N) is 3. The second-order valence-corrected chi connectivity index (χ2v) is 9.59. The molecule has 1 spiro atoms. The summed E-state index contributed by atoms with van der Waals surface area (Å²) in [6, 6.07) is 5.26. The zero-order chi connectivity index (χ0) is 23.5. The highest BCUT2D eigenvalue weighted by atomic mass is 16.7. The smallest absolute Gasteiger partial charge is 0.410 e. The largest absolute Gasteiger partial charge is 0.489 e. The second kappa shape index (κ2) is 7.72. The number of hydroxylamine groups is 2. The van der Waals surface area contributed by atoms with Crippen LogP contribution in [0.4, 0.5) is 4.79 Å². The van der Waals surface area contributed by atoms with E-state index in [2.05, 4.69) is 24.1 Å². The van der Waals surface area contributed by atoms with Crippen LogP contribution >= 0.6 is 0 Å². The lowest BCUT2D eigenvalue weighted by Crippen LogP contribution is -2.62. The lowest BCUT2D eigenvalue weighted by Gasteiger charge is -2.44. The van der Waals surface area contributed by atoms with E-state index in [0.29, 0.717) is 6.42 Å². The molecule has 1 aromatic rings. The first-order chi connectivity index (χ1) is 15.8. The third-order valence-corrected chi connectivity index (χ3v) is 7.81. The third-order valence-electron chi connectivity index (χ3n) is 7.81. The number of ether oxygens (including phenoxy) is 2. The molecule has 0 bridgehead atoms. The molecule has 0 saturated carbocycles. The van der Waals surface area contributed by atoms with Crippen LogP contribution in [0, 0.1) is 0 Å². The van der Waals surface area contributed by atoms with Crippen molar-refractivity contribution < 1.29 is 29.0 Å². The molecule has 3 heterocycles. The maximum absolute atomic E-state index is 13.3. The fraction of sp³-hybridized carbons (Fsp3) is 0.583. The molecular formula is C24H31N3O6. The van der Waals surface area contributed by atoms with Gasteiger partial charge in [0.1, 0.15) is 11.9 Å². The first-order valence-electron chi connectivity index (χ1n) is 11.4. The molecule has 5 rings (SSSR count). The van der Waals surface area contributed by atoms with Gasteiger partial charge in [-0.15, -0.1) is 0 Å². The molecule has 4 aliphatic rings. The fourth-order valence-corrected chi connectivity index (χ4v) is 6.33. The monoisotopic (exact) mass is 457 g/mol. The summed E-state index contributed by atoms with van der Waals surface area (Å²) in [6.07, 6.45) is 4.11. The Hall–Kier alpha value is -2.62. The first-order valence-corrected chi connectivity index (χ1v) is 11.4. The summed E-state index contributed by atoms with van der Waals surface area (Å²) in [5.41, 5.74) is 0.509. The Kier molecular flexibility index (Phi) is 5.19. The highest BCUT2D eigenvalue weighted by Crippen LogP contribution is 2.53. The van der Waals surface area contributed by atoms with Gasteiger partial charge in [-0.1, -0.05) is 24.3 Å². The zero-order valence-electron chi connectivity index (χ0n) is 19.5. The highest BCUT2D eigenvalue weighted by molar-refractivity contribution is 5.90. The summed E-state index contributed by atoms with van der Waals surface area (Å²) in [6.45, 7) is 3.58. The van der Waals surface area contributed by atoms with E-state index < -0.39 is 23.8 Å². The number of carboxylic acid groups (broad SMARTS) is 1. The van der Waals surface area contributed by atoms with E-state index in [1.165, 1.54) is 30.4 Å². The summed E-state index contributed by atoms with van der Waals surface area (Å²) in [5.74, 6) is 0.364. The number of amides is 2. The molecule has 2 amide bonds. The molecule has 0 radical (unpaired) electrons. The van der Waals surface area contributed by atoms with E-state index >= 15 is 0 Å². The van der Waals surface area contributed by atoms with Gasteiger partial charge in [0, 0.05) is 32.1 Å². The first kappa shape index (κ1) is 22.2. The molecule has 1 aromatic carbocycles. The van der Waals surface area contributed by atoms with Gasteiger partial charge < -0.3 is 19.5 Å². The van der Waals surface area contributed by atoms with E-state index in [4.69, 9.17) is 14.3 Å². The number of hydrogen-bond donors (Lipinski definition) is 1. The van der Waals surface area contributed by atoms with Crippen molar-refractivity contribution in [1.82, 2.24) is 14.9 Å². The molecule has 9 heteroatoms. The predicted molar refractivity (Wildman–Crippen MR) is 119 cm³/mol. The predicted octanol–water partition coefficient (Wildman–Crippen LogP) is 2.35. The van der Waals surface area contributed by atoms with Crippen molar-refractivity contribution >= 4 is 12.0 Å². The Morgan fingerprint density at radius 2 is 2.12 bits per heavy atom. The quantitative estimate of drug-likeness (QED) is 0.548. The summed E-state index contributed by atoms with van der Waals surface area (Å²) in [7, 11) is 4.90. The van der Waals surface area contributed by atoms with E-state index in [0.717, 1.165) is 30.2 Å². The molecule has 2 unspecified atom stereocenters. The average Bonchev–Trinajstić information content (AvgIpc) is 3.18. The van der Waals surface area contributed by atoms with Gasteiger partial charge in [-0.05, 0) is 38.6 Å². The number of benzene rings is 1. The number of hydrogen-bond acceptors (Lipinski definition) is 6. The summed E-state index contributed by atoms with van der Waals surface area (Å²) in [5, 5.41) is 11.5. The minimum absolute atomic E-state index is 0.179. The number of rotatable bonds is 4. The Morgan fingerprint density at radius 1 is 1.33 bits per heavy atom. The van der Waals surface area contributed by atoms with E-state index in [1.807, 2.05) is 25.1 Å². The van der Waals surface area contributed by atoms with Crippen LogP contribution in [-0.2, 0) is 26.3 Å². The minimum Gasteiger partial charge on any atom is -0.489 e. The molecule has 9 nitrogen and oxygen atoms in total. The van der Waals surface area contributed by atoms with Gasteiger partial charge in [0.05, 0.1) is 24.6 Å². The third kappa shape index (κ3) is 3.02. The van der Waals surface area contributed by atoms with Crippen LogP contribution in [0.5, 0.6) is 5.75 Å². The van der Waals surface area contributed by atoms with Crippen LogP contribution in [0.15, 0.2) is 30.4 Å². The topological polar surface area (TPSA) is 91.8 Å². The molecule has 3 aliphatic heterocycles. The molecule has 0 aromatic heterocycles. The van der Waals surface area contributed by atoms with Crippen molar-refractivity contribution in [1.29, 1.82) is 0 Å². The van der Waals surface area contributed by atoms with E-state index in [9.17, 15) is 14.7 Å². The van der Waals surface area contributed by atoms with Crippen molar-refractivity contribution in [3.8, 4) is 5.75 Å². The summed E-state index contributed by atoms with van der Waals surface area (Å²) in [4.78, 5) is 34.5. The van der Waals surface area contributed by atoms with Crippen molar-refractivity contribution in [2.24, 2.45) is 0 Å². The maximum atomic E-state index is 13.3. The molecule has 1 N–H and O–H groups in total. The number of methoxy groups -OCH3 is 1. The van der Waals surface area contributed by atoms with E-state index in [1.54, 1.807) is 0 Å². The molecule has 178 valence electrons. The van der Waals surface area contributed by atoms with Crippen LogP contribution in [0.25, 0.3) is 0 Å². The Bertz CT molecular complexity index is 1010. The van der Waals surface area contributed by atoms with Gasteiger partial charge in [0.15, 0.2) is 0 Å². The van der Waals surface area contributed by atoms with Crippen LogP contribution in [0.1, 0.15) is 37.3 Å². The van der Waals surface area contributed by atoms with Crippen molar-refractivity contribution in [3.05, 3.63) is 41.5 Å². The highest BCUT2D eigenvalue weighted by Gasteiger charge is 2.61. The van der Waals surface area contributed by atoms with Crippen molar-refractivity contribution in [2.45, 2.75) is 62.1 Å². The summed E-state index contributed by atoms with van der Waals surface area (Å²) >= 11 is 0. The Labute approximate surface area is 193 Å². The van der Waals surface area contributed by atoms with E-state index in [-0.39, 0.29) is 24.0 Å². The number of carbonyl (C=O) groups excluding carboxylic acids is 1. The zero-order valence-corrected chi connectivity index (χ0v) is 19.5. The SMILES string of the molecule is CON1C(=O)C(OC)(N(C(=O)O)[C@H]2C=C[C@@]34CCN(C)Cc5cccc(c53)O[C@H]4C2)CC1C. The standard InChI is InChI=1S/C24H31N3O6/c1-15-13-24(31-3,21(28)27(15)32-4)26(22(29)30)17-8-9-23-10-11-25(2)14-16-6-5-7-18(20(16)23)33-19(23)12-17/h5-9,15,17,19H,10-14H2,1-4H3,(H,29,30)/t15?,17-,19-,23-,24?/m0/s1. The molecule has 1 fully saturated rings. The average molecular weight is 458 g/mol. The Balaban J connectivity index is 1.55. The summed E-state index contributed by atoms with van der Waals surface area (Å²) < 4.78 is 12.1. The maximum Gasteiger partial charge on any atom is 0.410 e. The lowest BCUT2D eigenvalue weighted by molar-refractivity contribution is -0.198. The van der Waals surface area contributed by atoms with Gasteiger partial charge in [-0.25, -0.2) is 9.86 Å². The van der Waals surface area contributed by atoms with Gasteiger partial charge in [0.25, 0.3) is 5.91 Å². The van der Waals surface area contributed by atoms with Crippen molar-refractivity contribution in [3.63, 3.8) is 0 Å². The second-order valence-electron chi connectivity index (χ2n) is 9.59. The van der Waals surface area contributed by atoms with Gasteiger partial charge >= 0.3 is 6.09 Å².